The van der Waals surface area contributed by atoms with E-state index in [4.69, 9.17) is 21.1 Å². The molecule has 0 unspecified atom stereocenters. The Balaban J connectivity index is 1.66. The van der Waals surface area contributed by atoms with Crippen LogP contribution in [0.1, 0.15) is 34.0 Å². The lowest BCUT2D eigenvalue weighted by Crippen LogP contribution is -2.18. The van der Waals surface area contributed by atoms with Crippen molar-refractivity contribution in [2.75, 3.05) is 6.61 Å². The molecule has 0 aliphatic carbocycles. The van der Waals surface area contributed by atoms with E-state index in [1.165, 1.54) is 0 Å². The summed E-state index contributed by atoms with van der Waals surface area (Å²) in [5, 5.41) is 4.75. The van der Waals surface area contributed by atoms with Crippen LogP contribution in [-0.4, -0.2) is 18.7 Å². The second-order valence-electron chi connectivity index (χ2n) is 6.57. The molecule has 1 N–H and O–H groups in total. The van der Waals surface area contributed by atoms with Crippen molar-refractivity contribution in [3.63, 3.8) is 0 Å². The SMILES string of the molecule is CCOc1cc(/C=N\NC(=O)c2ccccc2C)ccc1OCc1ccc(Cl)cc1. The lowest BCUT2D eigenvalue weighted by Gasteiger charge is -2.12. The molecule has 0 bridgehead atoms. The Kier molecular flexibility index (Phi) is 7.46. The quantitative estimate of drug-likeness (QED) is 0.391. The summed E-state index contributed by atoms with van der Waals surface area (Å²) in [6.07, 6.45) is 1.57. The minimum absolute atomic E-state index is 0.253. The number of carbonyl (C=O) groups is 1. The van der Waals surface area contributed by atoms with Gasteiger partial charge in [0, 0.05) is 10.6 Å². The zero-order valence-corrected chi connectivity index (χ0v) is 17.6. The van der Waals surface area contributed by atoms with Gasteiger partial charge in [0.1, 0.15) is 6.61 Å². The molecule has 0 saturated heterocycles. The standard InChI is InChI=1S/C24H23ClN2O3/c1-3-29-23-14-19(15-26-27-24(28)21-7-5-4-6-17(21)2)10-13-22(23)30-16-18-8-11-20(25)12-9-18/h4-15H,3,16H2,1-2H3,(H,27,28)/b26-15-. The van der Waals surface area contributed by atoms with Crippen molar-refractivity contribution in [1.82, 2.24) is 5.43 Å². The Labute approximate surface area is 181 Å². The monoisotopic (exact) mass is 422 g/mol. The van der Waals surface area contributed by atoms with Crippen LogP contribution in [0.25, 0.3) is 0 Å². The molecule has 6 heteroatoms. The van der Waals surface area contributed by atoms with Crippen molar-refractivity contribution in [3.8, 4) is 11.5 Å². The van der Waals surface area contributed by atoms with E-state index in [1.54, 1.807) is 12.3 Å². The summed E-state index contributed by atoms with van der Waals surface area (Å²) < 4.78 is 11.6. The molecule has 30 heavy (non-hydrogen) atoms. The molecule has 0 radical (unpaired) electrons. The zero-order valence-electron chi connectivity index (χ0n) is 16.9. The topological polar surface area (TPSA) is 59.9 Å². The summed E-state index contributed by atoms with van der Waals surface area (Å²) in [4.78, 5) is 12.2. The lowest BCUT2D eigenvalue weighted by molar-refractivity contribution is 0.0954. The number of carbonyl (C=O) groups excluding carboxylic acids is 1. The van der Waals surface area contributed by atoms with Gasteiger partial charge in [0.05, 0.1) is 12.8 Å². The third kappa shape index (κ3) is 5.84. The van der Waals surface area contributed by atoms with Crippen LogP contribution < -0.4 is 14.9 Å². The maximum atomic E-state index is 12.2. The normalized spacial score (nSPS) is 10.8. The smallest absolute Gasteiger partial charge is 0.271 e. The molecule has 0 fully saturated rings. The van der Waals surface area contributed by atoms with E-state index in [2.05, 4.69) is 10.5 Å². The summed E-state index contributed by atoms with van der Waals surface area (Å²) in [6, 6.07) is 20.4. The summed E-state index contributed by atoms with van der Waals surface area (Å²) in [5.41, 5.74) is 5.83. The van der Waals surface area contributed by atoms with Crippen molar-refractivity contribution in [2.45, 2.75) is 20.5 Å². The number of amides is 1. The molecular formula is C24H23ClN2O3. The van der Waals surface area contributed by atoms with E-state index in [-0.39, 0.29) is 5.91 Å². The highest BCUT2D eigenvalue weighted by atomic mass is 35.5. The van der Waals surface area contributed by atoms with E-state index in [0.29, 0.717) is 35.3 Å². The van der Waals surface area contributed by atoms with Gasteiger partial charge in [-0.05, 0) is 66.9 Å². The van der Waals surface area contributed by atoms with E-state index < -0.39 is 0 Å². The molecule has 0 spiro atoms. The van der Waals surface area contributed by atoms with Crippen LogP contribution >= 0.6 is 11.6 Å². The largest absolute Gasteiger partial charge is 0.490 e. The number of nitrogens with one attached hydrogen (secondary N) is 1. The van der Waals surface area contributed by atoms with Crippen molar-refractivity contribution < 1.29 is 14.3 Å². The van der Waals surface area contributed by atoms with Crippen LogP contribution in [0, 0.1) is 6.92 Å². The number of aryl methyl sites for hydroxylation is 1. The number of hydrazone groups is 1. The van der Waals surface area contributed by atoms with Gasteiger partial charge in [-0.15, -0.1) is 0 Å². The van der Waals surface area contributed by atoms with Crippen LogP contribution in [-0.2, 0) is 6.61 Å². The molecule has 1 amide bonds. The first-order valence-electron chi connectivity index (χ1n) is 9.60. The fraction of sp³-hybridized carbons (Fsp3) is 0.167. The number of ether oxygens (including phenoxy) is 2. The first kappa shape index (κ1) is 21.4. The predicted octanol–water partition coefficient (Wildman–Crippen LogP) is 5.39. The van der Waals surface area contributed by atoms with Gasteiger partial charge >= 0.3 is 0 Å². The molecule has 0 saturated carbocycles. The summed E-state index contributed by atoms with van der Waals surface area (Å²) in [7, 11) is 0. The van der Waals surface area contributed by atoms with Crippen molar-refractivity contribution >= 4 is 23.7 Å². The third-order valence-corrected chi connectivity index (χ3v) is 4.60. The van der Waals surface area contributed by atoms with Gasteiger partial charge in [0.2, 0.25) is 0 Å². The Morgan fingerprint density at radius 2 is 1.80 bits per heavy atom. The van der Waals surface area contributed by atoms with Gasteiger partial charge < -0.3 is 9.47 Å². The van der Waals surface area contributed by atoms with E-state index in [9.17, 15) is 4.79 Å². The van der Waals surface area contributed by atoms with Crippen LogP contribution in [0.2, 0.25) is 5.02 Å². The molecule has 3 aromatic rings. The molecule has 0 aromatic heterocycles. The van der Waals surface area contributed by atoms with Gasteiger partial charge in [-0.2, -0.15) is 5.10 Å². The third-order valence-electron chi connectivity index (χ3n) is 4.34. The maximum Gasteiger partial charge on any atom is 0.271 e. The average Bonchev–Trinajstić information content (AvgIpc) is 2.75. The minimum Gasteiger partial charge on any atom is -0.490 e. The van der Waals surface area contributed by atoms with Crippen LogP contribution in [0.15, 0.2) is 71.8 Å². The Hall–Kier alpha value is -3.31. The molecule has 154 valence electrons. The zero-order chi connectivity index (χ0) is 21.3. The van der Waals surface area contributed by atoms with E-state index in [1.807, 2.05) is 74.5 Å². The fourth-order valence-electron chi connectivity index (χ4n) is 2.79. The highest BCUT2D eigenvalue weighted by Gasteiger charge is 2.08. The van der Waals surface area contributed by atoms with Crippen LogP contribution in [0.3, 0.4) is 0 Å². The number of rotatable bonds is 8. The highest BCUT2D eigenvalue weighted by molar-refractivity contribution is 6.30. The molecule has 3 rings (SSSR count). The number of nitrogens with zero attached hydrogens (tertiary/aromatic N) is 1. The summed E-state index contributed by atoms with van der Waals surface area (Å²) in [5.74, 6) is 0.992. The lowest BCUT2D eigenvalue weighted by atomic mass is 10.1. The van der Waals surface area contributed by atoms with Gasteiger partial charge in [-0.3, -0.25) is 4.79 Å². The molecule has 0 atom stereocenters. The number of benzene rings is 3. The van der Waals surface area contributed by atoms with E-state index in [0.717, 1.165) is 16.7 Å². The van der Waals surface area contributed by atoms with Crippen molar-refractivity contribution in [2.24, 2.45) is 5.10 Å². The Morgan fingerprint density at radius 1 is 1.03 bits per heavy atom. The summed E-state index contributed by atoms with van der Waals surface area (Å²) in [6.45, 7) is 4.70. The number of hydrogen-bond donors (Lipinski definition) is 1. The van der Waals surface area contributed by atoms with Crippen molar-refractivity contribution in [3.05, 3.63) is 94.0 Å². The van der Waals surface area contributed by atoms with Gasteiger partial charge in [-0.1, -0.05) is 41.9 Å². The molecule has 0 heterocycles. The highest BCUT2D eigenvalue weighted by Crippen LogP contribution is 2.29. The molecule has 0 aliphatic rings. The Bertz CT molecular complexity index is 1030. The predicted molar refractivity (Wildman–Crippen MR) is 120 cm³/mol. The molecule has 3 aromatic carbocycles. The number of hydrogen-bond acceptors (Lipinski definition) is 4. The fourth-order valence-corrected chi connectivity index (χ4v) is 2.91. The minimum atomic E-state index is -0.253. The van der Waals surface area contributed by atoms with Gasteiger partial charge in [0.25, 0.3) is 5.91 Å². The maximum absolute atomic E-state index is 12.2. The van der Waals surface area contributed by atoms with Gasteiger partial charge in [-0.25, -0.2) is 5.43 Å². The second-order valence-corrected chi connectivity index (χ2v) is 7.00. The second kappa shape index (κ2) is 10.5. The van der Waals surface area contributed by atoms with E-state index >= 15 is 0 Å². The van der Waals surface area contributed by atoms with Crippen LogP contribution in [0.5, 0.6) is 11.5 Å². The number of halogens is 1. The Morgan fingerprint density at radius 3 is 2.53 bits per heavy atom. The molecule has 5 nitrogen and oxygen atoms in total. The molecular weight excluding hydrogens is 400 g/mol. The first-order chi connectivity index (χ1) is 14.6. The van der Waals surface area contributed by atoms with Crippen molar-refractivity contribution in [1.29, 1.82) is 0 Å². The first-order valence-corrected chi connectivity index (χ1v) is 9.97. The molecule has 0 aliphatic heterocycles. The summed E-state index contributed by atoms with van der Waals surface area (Å²) >= 11 is 5.92. The average molecular weight is 423 g/mol. The van der Waals surface area contributed by atoms with Crippen LogP contribution in [0.4, 0.5) is 0 Å². The van der Waals surface area contributed by atoms with Gasteiger partial charge in [0.15, 0.2) is 11.5 Å².